The molecule has 6 heteroatoms. The van der Waals surface area contributed by atoms with E-state index >= 15 is 0 Å². The molecule has 4 rings (SSSR count). The van der Waals surface area contributed by atoms with Crippen LogP contribution in [0, 0.1) is 0 Å². The van der Waals surface area contributed by atoms with Crippen molar-refractivity contribution in [3.63, 3.8) is 0 Å². The minimum atomic E-state index is -0.348. The molecule has 0 unspecified atom stereocenters. The molecule has 142 valence electrons. The zero-order chi connectivity index (χ0) is 19.5. The van der Waals surface area contributed by atoms with E-state index in [-0.39, 0.29) is 18.0 Å². The number of benzene rings is 2. The molecular formula is C22H21N3O3. The maximum absolute atomic E-state index is 12.5. The summed E-state index contributed by atoms with van der Waals surface area (Å²) in [5.41, 5.74) is 3.94. The van der Waals surface area contributed by atoms with E-state index in [9.17, 15) is 9.59 Å². The molecule has 0 fully saturated rings. The van der Waals surface area contributed by atoms with Crippen molar-refractivity contribution < 1.29 is 14.3 Å². The van der Waals surface area contributed by atoms with Crippen LogP contribution in [0.4, 0.5) is 0 Å². The first-order valence-corrected chi connectivity index (χ1v) is 9.25. The number of ether oxygens (including phenoxy) is 1. The highest BCUT2D eigenvalue weighted by Gasteiger charge is 2.28. The number of carbonyl (C=O) groups is 2. The fourth-order valence-electron chi connectivity index (χ4n) is 3.41. The Morgan fingerprint density at radius 2 is 2.07 bits per heavy atom. The number of cyclic esters (lactones) is 1. The highest BCUT2D eigenvalue weighted by molar-refractivity contribution is 5.97. The molecule has 0 saturated heterocycles. The molecular weight excluding hydrogens is 354 g/mol. The van der Waals surface area contributed by atoms with Crippen molar-refractivity contribution in [3.8, 4) is 0 Å². The van der Waals surface area contributed by atoms with E-state index in [0.717, 1.165) is 16.7 Å². The smallest absolute Gasteiger partial charge is 0.339 e. The van der Waals surface area contributed by atoms with E-state index in [0.29, 0.717) is 30.5 Å². The minimum Gasteiger partial charge on any atom is -0.454 e. The fourth-order valence-corrected chi connectivity index (χ4v) is 3.41. The lowest BCUT2D eigenvalue weighted by molar-refractivity contribution is 0.0252. The number of hydrogen-bond donors (Lipinski definition) is 1. The van der Waals surface area contributed by atoms with Crippen LogP contribution in [0.2, 0.25) is 0 Å². The number of aryl methyl sites for hydroxylation is 1. The van der Waals surface area contributed by atoms with Crippen molar-refractivity contribution in [2.24, 2.45) is 7.05 Å². The summed E-state index contributed by atoms with van der Waals surface area (Å²) in [6.45, 7) is 0.524. The van der Waals surface area contributed by atoms with E-state index in [2.05, 4.69) is 10.4 Å². The third-order valence-corrected chi connectivity index (χ3v) is 4.87. The van der Waals surface area contributed by atoms with Gasteiger partial charge < -0.3 is 10.1 Å². The average molecular weight is 375 g/mol. The topological polar surface area (TPSA) is 73.2 Å². The number of nitrogens with zero attached hydrogens (tertiary/aromatic N) is 2. The van der Waals surface area contributed by atoms with Crippen molar-refractivity contribution in [2.45, 2.75) is 18.9 Å². The van der Waals surface area contributed by atoms with E-state index in [4.69, 9.17) is 4.74 Å². The molecule has 0 radical (unpaired) electrons. The van der Waals surface area contributed by atoms with Crippen molar-refractivity contribution in [2.75, 3.05) is 6.54 Å². The van der Waals surface area contributed by atoms with E-state index in [1.54, 1.807) is 29.1 Å². The van der Waals surface area contributed by atoms with Gasteiger partial charge in [0.25, 0.3) is 5.91 Å². The zero-order valence-electron chi connectivity index (χ0n) is 15.6. The molecule has 0 bridgehead atoms. The van der Waals surface area contributed by atoms with Gasteiger partial charge in [-0.2, -0.15) is 5.10 Å². The average Bonchev–Trinajstić information content (AvgIpc) is 3.13. The third-order valence-electron chi connectivity index (χ3n) is 4.87. The van der Waals surface area contributed by atoms with Gasteiger partial charge in [0.2, 0.25) is 0 Å². The van der Waals surface area contributed by atoms with Crippen molar-refractivity contribution in [3.05, 3.63) is 88.7 Å². The lowest BCUT2D eigenvalue weighted by Crippen LogP contribution is -2.27. The molecule has 0 aliphatic carbocycles. The Morgan fingerprint density at radius 1 is 1.25 bits per heavy atom. The number of carbonyl (C=O) groups excluding carboxylic acids is 2. The Balaban J connectivity index is 1.45. The maximum atomic E-state index is 12.5. The Kier molecular flexibility index (Phi) is 4.93. The van der Waals surface area contributed by atoms with Crippen LogP contribution in [-0.2, 0) is 24.6 Å². The van der Waals surface area contributed by atoms with Crippen LogP contribution in [0.5, 0.6) is 0 Å². The highest BCUT2D eigenvalue weighted by Crippen LogP contribution is 2.31. The second-order valence-corrected chi connectivity index (χ2v) is 6.91. The predicted octanol–water partition coefficient (Wildman–Crippen LogP) is 2.85. The molecule has 3 aromatic rings. The zero-order valence-corrected chi connectivity index (χ0v) is 15.6. The molecule has 6 nitrogen and oxygen atoms in total. The number of rotatable bonds is 5. The summed E-state index contributed by atoms with van der Waals surface area (Å²) in [7, 11) is 1.86. The lowest BCUT2D eigenvalue weighted by atomic mass is 9.93. The number of nitrogens with one attached hydrogen (secondary N) is 1. The standard InChI is InChI=1S/C22H21N3O3/c1-25-14-15(13-24-25)9-10-23-21(26)17-7-8-19-18(11-17)12-20(28-22(19)27)16-5-3-2-4-6-16/h2-8,11,13-14,20H,9-10,12H2,1H3,(H,23,26)/t20-/m0/s1. The monoisotopic (exact) mass is 375 g/mol. The largest absolute Gasteiger partial charge is 0.454 e. The van der Waals surface area contributed by atoms with E-state index in [1.807, 2.05) is 43.6 Å². The summed E-state index contributed by atoms with van der Waals surface area (Å²) in [6.07, 6.45) is 4.67. The van der Waals surface area contributed by atoms with Gasteiger partial charge in [0, 0.05) is 31.8 Å². The molecule has 28 heavy (non-hydrogen) atoms. The lowest BCUT2D eigenvalue weighted by Gasteiger charge is -2.25. The minimum absolute atomic E-state index is 0.151. The van der Waals surface area contributed by atoms with Gasteiger partial charge in [0.15, 0.2) is 0 Å². The summed E-state index contributed by atoms with van der Waals surface area (Å²) in [4.78, 5) is 24.9. The third kappa shape index (κ3) is 3.81. The first-order chi connectivity index (χ1) is 13.6. The number of fused-ring (bicyclic) bond motifs is 1. The summed E-state index contributed by atoms with van der Waals surface area (Å²) in [5, 5.41) is 7.05. The van der Waals surface area contributed by atoms with Crippen LogP contribution in [0.15, 0.2) is 60.9 Å². The Bertz CT molecular complexity index is 1010. The number of amides is 1. The number of aromatic nitrogens is 2. The molecule has 2 heterocycles. The molecule has 1 aliphatic heterocycles. The summed E-state index contributed by atoms with van der Waals surface area (Å²) >= 11 is 0. The van der Waals surface area contributed by atoms with E-state index in [1.165, 1.54) is 0 Å². The summed E-state index contributed by atoms with van der Waals surface area (Å²) in [5.74, 6) is -0.500. The quantitative estimate of drug-likeness (QED) is 0.696. The Hall–Kier alpha value is -3.41. The van der Waals surface area contributed by atoms with Crippen LogP contribution in [0.3, 0.4) is 0 Å². The number of esters is 1. The second-order valence-electron chi connectivity index (χ2n) is 6.91. The molecule has 0 saturated carbocycles. The van der Waals surface area contributed by atoms with Gasteiger partial charge in [-0.15, -0.1) is 0 Å². The Morgan fingerprint density at radius 3 is 2.82 bits per heavy atom. The first kappa shape index (κ1) is 18.0. The molecule has 1 aromatic heterocycles. The van der Waals surface area contributed by atoms with Crippen LogP contribution in [0.25, 0.3) is 0 Å². The van der Waals surface area contributed by atoms with Gasteiger partial charge in [0.05, 0.1) is 11.8 Å². The normalized spacial score (nSPS) is 15.6. The molecule has 1 N–H and O–H groups in total. The summed E-state index contributed by atoms with van der Waals surface area (Å²) in [6, 6.07) is 14.8. The highest BCUT2D eigenvalue weighted by atomic mass is 16.5. The van der Waals surface area contributed by atoms with Gasteiger partial charge in [-0.1, -0.05) is 30.3 Å². The molecule has 2 aromatic carbocycles. The van der Waals surface area contributed by atoms with E-state index < -0.39 is 0 Å². The van der Waals surface area contributed by atoms with Gasteiger partial charge in [0.1, 0.15) is 6.10 Å². The fraction of sp³-hybridized carbons (Fsp3) is 0.227. The molecule has 1 amide bonds. The van der Waals surface area contributed by atoms with Gasteiger partial charge >= 0.3 is 5.97 Å². The van der Waals surface area contributed by atoms with Crippen LogP contribution < -0.4 is 5.32 Å². The number of hydrogen-bond acceptors (Lipinski definition) is 4. The van der Waals surface area contributed by atoms with Gasteiger partial charge in [-0.05, 0) is 41.3 Å². The molecule has 0 spiro atoms. The molecule has 1 atom stereocenters. The van der Waals surface area contributed by atoms with Crippen molar-refractivity contribution >= 4 is 11.9 Å². The molecule has 1 aliphatic rings. The van der Waals surface area contributed by atoms with Gasteiger partial charge in [-0.3, -0.25) is 9.48 Å². The van der Waals surface area contributed by atoms with Gasteiger partial charge in [-0.25, -0.2) is 4.79 Å². The van der Waals surface area contributed by atoms with Crippen LogP contribution >= 0.6 is 0 Å². The maximum Gasteiger partial charge on any atom is 0.339 e. The summed E-state index contributed by atoms with van der Waals surface area (Å²) < 4.78 is 7.31. The van der Waals surface area contributed by atoms with Crippen LogP contribution in [0.1, 0.15) is 43.5 Å². The predicted molar refractivity (Wildman–Crippen MR) is 104 cm³/mol. The first-order valence-electron chi connectivity index (χ1n) is 9.25. The van der Waals surface area contributed by atoms with Crippen molar-refractivity contribution in [1.29, 1.82) is 0 Å². The Labute approximate surface area is 163 Å². The van der Waals surface area contributed by atoms with Crippen LogP contribution in [-0.4, -0.2) is 28.2 Å². The van der Waals surface area contributed by atoms with Crippen molar-refractivity contribution in [1.82, 2.24) is 15.1 Å². The SMILES string of the molecule is Cn1cc(CCNC(=O)c2ccc3c(c2)C[C@@H](c2ccccc2)OC3=O)cn1. The second kappa shape index (κ2) is 7.68.